The van der Waals surface area contributed by atoms with E-state index in [4.69, 9.17) is 20.8 Å². The molecule has 0 atom stereocenters. The standard InChI is InChI=1S/C11H10ClN3O3/c1-2-17-11(16)8-6-18-10(13-8)5-7-3-4-9(12)15-14-7/h3-4,6H,2,5H2,1H3. The number of carbonyl (C=O) groups excluding carboxylic acids is 1. The van der Waals surface area contributed by atoms with Crippen LogP contribution in [0.4, 0.5) is 0 Å². The van der Waals surface area contributed by atoms with E-state index in [0.717, 1.165) is 0 Å². The summed E-state index contributed by atoms with van der Waals surface area (Å²) in [5, 5.41) is 7.88. The molecule has 0 saturated carbocycles. The topological polar surface area (TPSA) is 78.1 Å². The average molecular weight is 268 g/mol. The zero-order chi connectivity index (χ0) is 13.0. The van der Waals surface area contributed by atoms with Crippen molar-refractivity contribution in [2.75, 3.05) is 6.61 Å². The zero-order valence-electron chi connectivity index (χ0n) is 9.59. The van der Waals surface area contributed by atoms with Gasteiger partial charge < -0.3 is 9.15 Å². The minimum atomic E-state index is -0.505. The molecule has 2 heterocycles. The fourth-order valence-electron chi connectivity index (χ4n) is 1.28. The number of esters is 1. The predicted molar refractivity (Wildman–Crippen MR) is 62.3 cm³/mol. The van der Waals surface area contributed by atoms with Crippen molar-refractivity contribution in [3.8, 4) is 0 Å². The van der Waals surface area contributed by atoms with E-state index in [2.05, 4.69) is 15.2 Å². The Balaban J connectivity index is 2.06. The van der Waals surface area contributed by atoms with Gasteiger partial charge in [0, 0.05) is 0 Å². The Morgan fingerprint density at radius 1 is 1.44 bits per heavy atom. The molecule has 2 aromatic rings. The number of ether oxygens (including phenoxy) is 1. The van der Waals surface area contributed by atoms with Crippen molar-refractivity contribution < 1.29 is 13.9 Å². The molecule has 2 aromatic heterocycles. The van der Waals surface area contributed by atoms with Crippen molar-refractivity contribution in [3.05, 3.63) is 40.8 Å². The van der Waals surface area contributed by atoms with Gasteiger partial charge in [-0.3, -0.25) is 0 Å². The third-order valence-electron chi connectivity index (χ3n) is 2.06. The molecular formula is C11H10ClN3O3. The second-order valence-corrected chi connectivity index (χ2v) is 3.76. The molecule has 94 valence electrons. The highest BCUT2D eigenvalue weighted by Gasteiger charge is 2.13. The molecule has 0 radical (unpaired) electrons. The summed E-state index contributed by atoms with van der Waals surface area (Å²) in [5.41, 5.74) is 0.797. The van der Waals surface area contributed by atoms with E-state index in [1.165, 1.54) is 6.26 Å². The van der Waals surface area contributed by atoms with E-state index in [1.807, 2.05) is 0 Å². The van der Waals surface area contributed by atoms with Gasteiger partial charge in [0.15, 0.2) is 10.8 Å². The van der Waals surface area contributed by atoms with Gasteiger partial charge in [0.05, 0.1) is 18.7 Å². The zero-order valence-corrected chi connectivity index (χ0v) is 10.3. The number of carbonyl (C=O) groups is 1. The summed E-state index contributed by atoms with van der Waals surface area (Å²) in [7, 11) is 0. The Bertz CT molecular complexity index is 539. The van der Waals surface area contributed by atoms with Crippen LogP contribution in [0.5, 0.6) is 0 Å². The molecule has 0 aromatic carbocycles. The lowest BCUT2D eigenvalue weighted by Gasteiger charge is -1.96. The third kappa shape index (κ3) is 3.04. The van der Waals surface area contributed by atoms with Crippen LogP contribution < -0.4 is 0 Å². The fraction of sp³-hybridized carbons (Fsp3) is 0.273. The number of halogens is 1. The van der Waals surface area contributed by atoms with Crippen molar-refractivity contribution in [1.82, 2.24) is 15.2 Å². The molecule has 7 heteroatoms. The molecule has 6 nitrogen and oxygen atoms in total. The van der Waals surface area contributed by atoms with Gasteiger partial charge in [-0.25, -0.2) is 9.78 Å². The van der Waals surface area contributed by atoms with Gasteiger partial charge in [-0.1, -0.05) is 11.6 Å². The second-order valence-electron chi connectivity index (χ2n) is 3.37. The van der Waals surface area contributed by atoms with Crippen LogP contribution in [-0.2, 0) is 11.2 Å². The maximum absolute atomic E-state index is 11.4. The van der Waals surface area contributed by atoms with Crippen molar-refractivity contribution in [2.24, 2.45) is 0 Å². The average Bonchev–Trinajstić information content (AvgIpc) is 2.81. The Hall–Kier alpha value is -1.95. The van der Waals surface area contributed by atoms with Crippen molar-refractivity contribution >= 4 is 17.6 Å². The van der Waals surface area contributed by atoms with Crippen LogP contribution in [0.15, 0.2) is 22.8 Å². The van der Waals surface area contributed by atoms with Crippen molar-refractivity contribution in [2.45, 2.75) is 13.3 Å². The highest BCUT2D eigenvalue weighted by atomic mass is 35.5. The van der Waals surface area contributed by atoms with Gasteiger partial charge >= 0.3 is 5.97 Å². The monoisotopic (exact) mass is 267 g/mol. The first-order valence-electron chi connectivity index (χ1n) is 5.28. The Morgan fingerprint density at radius 2 is 2.28 bits per heavy atom. The Morgan fingerprint density at radius 3 is 2.94 bits per heavy atom. The Labute approximate surface area is 108 Å². The molecule has 0 bridgehead atoms. The Kier molecular flexibility index (Phi) is 3.88. The molecule has 0 aliphatic heterocycles. The van der Waals surface area contributed by atoms with E-state index in [1.54, 1.807) is 19.1 Å². The van der Waals surface area contributed by atoms with Gasteiger partial charge in [-0.2, -0.15) is 5.10 Å². The first kappa shape index (κ1) is 12.5. The molecule has 0 N–H and O–H groups in total. The van der Waals surface area contributed by atoms with Gasteiger partial charge in [0.25, 0.3) is 0 Å². The summed E-state index contributed by atoms with van der Waals surface area (Å²) in [6.07, 6.45) is 1.60. The summed E-state index contributed by atoms with van der Waals surface area (Å²) in [6.45, 7) is 2.02. The van der Waals surface area contributed by atoms with Crippen LogP contribution in [0.25, 0.3) is 0 Å². The summed E-state index contributed by atoms with van der Waals surface area (Å²) < 4.78 is 9.95. The summed E-state index contributed by atoms with van der Waals surface area (Å²) >= 11 is 5.62. The van der Waals surface area contributed by atoms with Crippen LogP contribution in [-0.4, -0.2) is 27.8 Å². The van der Waals surface area contributed by atoms with E-state index >= 15 is 0 Å². The first-order valence-corrected chi connectivity index (χ1v) is 5.66. The fourth-order valence-corrected chi connectivity index (χ4v) is 1.38. The van der Waals surface area contributed by atoms with E-state index < -0.39 is 5.97 Å². The molecular weight excluding hydrogens is 258 g/mol. The number of nitrogens with zero attached hydrogens (tertiary/aromatic N) is 3. The van der Waals surface area contributed by atoms with E-state index in [9.17, 15) is 4.79 Å². The van der Waals surface area contributed by atoms with Crippen molar-refractivity contribution in [1.29, 1.82) is 0 Å². The molecule has 0 amide bonds. The molecule has 18 heavy (non-hydrogen) atoms. The molecule has 2 rings (SSSR count). The van der Waals surface area contributed by atoms with Crippen LogP contribution in [0.1, 0.15) is 29.0 Å². The maximum Gasteiger partial charge on any atom is 0.360 e. The summed E-state index contributed by atoms with van der Waals surface area (Å²) in [4.78, 5) is 15.4. The van der Waals surface area contributed by atoms with Crippen LogP contribution >= 0.6 is 11.6 Å². The summed E-state index contributed by atoms with van der Waals surface area (Å²) in [5.74, 6) is -0.135. The SMILES string of the molecule is CCOC(=O)c1coc(Cc2ccc(Cl)nn2)n1. The van der Waals surface area contributed by atoms with Gasteiger partial charge in [0.1, 0.15) is 6.26 Å². The molecule has 0 aliphatic rings. The highest BCUT2D eigenvalue weighted by molar-refractivity contribution is 6.29. The molecule has 0 unspecified atom stereocenters. The largest absolute Gasteiger partial charge is 0.461 e. The lowest BCUT2D eigenvalue weighted by atomic mass is 10.3. The molecule has 0 aliphatic carbocycles. The number of hydrogen-bond acceptors (Lipinski definition) is 6. The lowest BCUT2D eigenvalue weighted by molar-refractivity contribution is 0.0519. The number of rotatable bonds is 4. The second kappa shape index (κ2) is 5.59. The van der Waals surface area contributed by atoms with Gasteiger partial charge in [0.2, 0.25) is 5.89 Å². The van der Waals surface area contributed by atoms with E-state index in [0.29, 0.717) is 29.8 Å². The third-order valence-corrected chi connectivity index (χ3v) is 2.26. The molecule has 0 fully saturated rings. The van der Waals surface area contributed by atoms with Crippen LogP contribution in [0, 0.1) is 0 Å². The highest BCUT2D eigenvalue weighted by Crippen LogP contribution is 2.09. The lowest BCUT2D eigenvalue weighted by Crippen LogP contribution is -2.05. The van der Waals surface area contributed by atoms with Crippen molar-refractivity contribution in [3.63, 3.8) is 0 Å². The molecule has 0 spiro atoms. The normalized spacial score (nSPS) is 10.3. The quantitative estimate of drug-likeness (QED) is 0.787. The maximum atomic E-state index is 11.4. The number of aromatic nitrogens is 3. The van der Waals surface area contributed by atoms with Gasteiger partial charge in [-0.15, -0.1) is 5.10 Å². The minimum Gasteiger partial charge on any atom is -0.461 e. The summed E-state index contributed by atoms with van der Waals surface area (Å²) in [6, 6.07) is 3.34. The molecule has 0 saturated heterocycles. The van der Waals surface area contributed by atoms with E-state index in [-0.39, 0.29) is 5.69 Å². The number of hydrogen-bond donors (Lipinski definition) is 0. The smallest absolute Gasteiger partial charge is 0.360 e. The minimum absolute atomic E-state index is 0.147. The first-order chi connectivity index (χ1) is 8.69. The predicted octanol–water partition coefficient (Wildman–Crippen LogP) is 1.89. The van der Waals surface area contributed by atoms with Gasteiger partial charge in [-0.05, 0) is 19.1 Å². The number of oxazole rings is 1. The van der Waals surface area contributed by atoms with Crippen LogP contribution in [0.3, 0.4) is 0 Å². The van der Waals surface area contributed by atoms with Crippen LogP contribution in [0.2, 0.25) is 5.15 Å².